The number of sulfone groups is 1. The first-order valence-corrected chi connectivity index (χ1v) is 8.45. The molecule has 114 valence electrons. The van der Waals surface area contributed by atoms with Crippen LogP contribution in [0.2, 0.25) is 0 Å². The molecule has 0 radical (unpaired) electrons. The topological polar surface area (TPSA) is 95.8 Å². The van der Waals surface area contributed by atoms with Gasteiger partial charge in [-0.05, 0) is 32.4 Å². The van der Waals surface area contributed by atoms with Crippen molar-refractivity contribution in [1.29, 1.82) is 0 Å². The van der Waals surface area contributed by atoms with Crippen LogP contribution in [0.5, 0.6) is 5.75 Å². The van der Waals surface area contributed by atoms with Crippen molar-refractivity contribution in [3.63, 3.8) is 0 Å². The van der Waals surface area contributed by atoms with Crippen molar-refractivity contribution in [3.8, 4) is 5.75 Å². The molecule has 1 fully saturated rings. The minimum atomic E-state index is -3.09. The van der Waals surface area contributed by atoms with Crippen molar-refractivity contribution in [2.45, 2.75) is 20.3 Å². The fourth-order valence-electron chi connectivity index (χ4n) is 2.23. The minimum absolute atomic E-state index is 0.0481. The Balaban J connectivity index is 2.07. The molecule has 0 spiro atoms. The number of phenolic OH excluding ortho intramolecular Hbond substituents is 1. The monoisotopic (exact) mass is 310 g/mol. The van der Waals surface area contributed by atoms with Crippen LogP contribution in [0.25, 0.3) is 0 Å². The number of aryl methyl sites for hydroxylation is 1. The largest absolute Gasteiger partial charge is 0.507 e. The fraction of sp³-hybridized carbons (Fsp3) is 0.429. The number of hydrazone groups is 1. The van der Waals surface area contributed by atoms with Gasteiger partial charge in [0.05, 0.1) is 23.1 Å². The third kappa shape index (κ3) is 3.81. The molecule has 1 saturated heterocycles. The molecule has 2 N–H and O–H groups in total. The average Bonchev–Trinajstić information content (AvgIpc) is 2.79. The molecule has 0 aromatic heterocycles. The molecule has 21 heavy (non-hydrogen) atoms. The first-order valence-electron chi connectivity index (χ1n) is 6.63. The Labute approximate surface area is 123 Å². The van der Waals surface area contributed by atoms with Gasteiger partial charge < -0.3 is 5.11 Å². The van der Waals surface area contributed by atoms with Crippen LogP contribution in [0.4, 0.5) is 0 Å². The number of hydrogen-bond acceptors (Lipinski definition) is 5. The van der Waals surface area contributed by atoms with E-state index in [0.29, 0.717) is 17.7 Å². The predicted octanol–water partition coefficient (Wildman–Crippen LogP) is 0.976. The number of hydrogen-bond donors (Lipinski definition) is 2. The van der Waals surface area contributed by atoms with Gasteiger partial charge in [-0.25, -0.2) is 13.8 Å². The van der Waals surface area contributed by atoms with Crippen LogP contribution in [-0.2, 0) is 14.6 Å². The maximum absolute atomic E-state index is 11.9. The van der Waals surface area contributed by atoms with Gasteiger partial charge in [0.2, 0.25) is 5.91 Å². The van der Waals surface area contributed by atoms with E-state index >= 15 is 0 Å². The van der Waals surface area contributed by atoms with Gasteiger partial charge in [0.1, 0.15) is 5.75 Å². The molecule has 1 aliphatic rings. The quantitative estimate of drug-likeness (QED) is 0.642. The Hall–Kier alpha value is -1.89. The number of phenols is 1. The van der Waals surface area contributed by atoms with Gasteiger partial charge in [-0.3, -0.25) is 4.79 Å². The summed E-state index contributed by atoms with van der Waals surface area (Å²) in [5.41, 5.74) is 4.34. The van der Waals surface area contributed by atoms with Gasteiger partial charge in [0, 0.05) is 5.56 Å². The third-order valence-electron chi connectivity index (χ3n) is 3.48. The first-order chi connectivity index (χ1) is 9.78. The molecule has 0 bridgehead atoms. The lowest BCUT2D eigenvalue weighted by Gasteiger charge is -2.08. The summed E-state index contributed by atoms with van der Waals surface area (Å²) in [6.45, 7) is 3.55. The van der Waals surface area contributed by atoms with Gasteiger partial charge >= 0.3 is 0 Å². The molecular formula is C14H18N2O4S. The molecule has 1 heterocycles. The standard InChI is InChI=1S/C14H18N2O4S/c1-9-3-4-13(17)12(7-9)10(2)15-16-14(18)11-5-6-21(19,20)8-11/h3-4,7,11,17H,5-6,8H2,1-2H3,(H,16,18)/b15-10+/t11-/m0/s1. The summed E-state index contributed by atoms with van der Waals surface area (Å²) in [6.07, 6.45) is 0.332. The lowest BCUT2D eigenvalue weighted by Crippen LogP contribution is -2.28. The second-order valence-corrected chi connectivity index (χ2v) is 7.52. The normalized spacial score (nSPS) is 21.2. The van der Waals surface area contributed by atoms with Gasteiger partial charge in [-0.1, -0.05) is 11.6 Å². The molecular weight excluding hydrogens is 292 g/mol. The number of carbonyl (C=O) groups is 1. The number of rotatable bonds is 3. The van der Waals surface area contributed by atoms with Crippen molar-refractivity contribution in [3.05, 3.63) is 29.3 Å². The Morgan fingerprint density at radius 1 is 1.43 bits per heavy atom. The van der Waals surface area contributed by atoms with Gasteiger partial charge in [0.15, 0.2) is 9.84 Å². The Morgan fingerprint density at radius 3 is 2.76 bits per heavy atom. The van der Waals surface area contributed by atoms with Crippen molar-refractivity contribution >= 4 is 21.5 Å². The molecule has 0 saturated carbocycles. The number of benzene rings is 1. The van der Waals surface area contributed by atoms with E-state index < -0.39 is 21.7 Å². The van der Waals surface area contributed by atoms with Gasteiger partial charge in [-0.15, -0.1) is 0 Å². The molecule has 6 nitrogen and oxygen atoms in total. The Morgan fingerprint density at radius 2 is 2.14 bits per heavy atom. The van der Waals surface area contributed by atoms with Crippen LogP contribution in [0.1, 0.15) is 24.5 Å². The summed E-state index contributed by atoms with van der Waals surface area (Å²) in [6, 6.07) is 5.10. The summed E-state index contributed by atoms with van der Waals surface area (Å²) in [5.74, 6) is -0.935. The van der Waals surface area contributed by atoms with Crippen molar-refractivity contribution in [2.24, 2.45) is 11.0 Å². The highest BCUT2D eigenvalue weighted by Gasteiger charge is 2.32. The zero-order valence-electron chi connectivity index (χ0n) is 12.0. The minimum Gasteiger partial charge on any atom is -0.507 e. The molecule has 0 unspecified atom stereocenters. The molecule has 0 aliphatic carbocycles. The number of amides is 1. The van der Waals surface area contributed by atoms with E-state index in [0.717, 1.165) is 5.56 Å². The Bertz CT molecular complexity index is 695. The number of nitrogens with zero attached hydrogens (tertiary/aromatic N) is 1. The lowest BCUT2D eigenvalue weighted by atomic mass is 10.1. The second-order valence-electron chi connectivity index (χ2n) is 5.29. The fourth-order valence-corrected chi connectivity index (χ4v) is 3.97. The van der Waals surface area contributed by atoms with Crippen LogP contribution in [0.15, 0.2) is 23.3 Å². The van der Waals surface area contributed by atoms with E-state index in [-0.39, 0.29) is 17.3 Å². The second kappa shape index (κ2) is 5.85. The SMILES string of the molecule is C/C(=N\NC(=O)[C@H]1CCS(=O)(=O)C1)c1cc(C)ccc1O. The first kappa shape index (κ1) is 15.5. The summed E-state index contributed by atoms with van der Waals surface area (Å²) >= 11 is 0. The maximum Gasteiger partial charge on any atom is 0.244 e. The van der Waals surface area contributed by atoms with Crippen molar-refractivity contribution in [2.75, 3.05) is 11.5 Å². The highest BCUT2D eigenvalue weighted by molar-refractivity contribution is 7.91. The number of nitrogens with one attached hydrogen (secondary N) is 1. The smallest absolute Gasteiger partial charge is 0.244 e. The number of aromatic hydroxyl groups is 1. The van der Waals surface area contributed by atoms with Crippen LogP contribution >= 0.6 is 0 Å². The summed E-state index contributed by atoms with van der Waals surface area (Å²) in [5, 5.41) is 13.7. The van der Waals surface area contributed by atoms with Crippen LogP contribution < -0.4 is 5.43 Å². The molecule has 1 aromatic rings. The summed E-state index contributed by atoms with van der Waals surface area (Å²) < 4.78 is 22.7. The van der Waals surface area contributed by atoms with Crippen LogP contribution in [-0.4, -0.2) is 36.6 Å². The van der Waals surface area contributed by atoms with Crippen molar-refractivity contribution < 1.29 is 18.3 Å². The highest BCUT2D eigenvalue weighted by atomic mass is 32.2. The molecule has 1 atom stereocenters. The van der Waals surface area contributed by atoms with Gasteiger partial charge in [0.25, 0.3) is 0 Å². The maximum atomic E-state index is 11.9. The van der Waals surface area contributed by atoms with E-state index in [4.69, 9.17) is 0 Å². The molecule has 7 heteroatoms. The molecule has 1 aliphatic heterocycles. The van der Waals surface area contributed by atoms with E-state index in [1.165, 1.54) is 0 Å². The van der Waals surface area contributed by atoms with Gasteiger partial charge in [-0.2, -0.15) is 5.10 Å². The van der Waals surface area contributed by atoms with E-state index in [1.807, 2.05) is 6.92 Å². The number of carbonyl (C=O) groups excluding carboxylic acids is 1. The van der Waals surface area contributed by atoms with Crippen molar-refractivity contribution in [1.82, 2.24) is 5.43 Å². The zero-order valence-corrected chi connectivity index (χ0v) is 12.8. The van der Waals surface area contributed by atoms with E-state index in [9.17, 15) is 18.3 Å². The molecule has 2 rings (SSSR count). The predicted molar refractivity (Wildman–Crippen MR) is 80.0 cm³/mol. The van der Waals surface area contributed by atoms with Crippen LogP contribution in [0.3, 0.4) is 0 Å². The van der Waals surface area contributed by atoms with E-state index in [2.05, 4.69) is 10.5 Å². The lowest BCUT2D eigenvalue weighted by molar-refractivity contribution is -0.124. The zero-order chi connectivity index (χ0) is 15.6. The highest BCUT2D eigenvalue weighted by Crippen LogP contribution is 2.20. The summed E-state index contributed by atoms with van der Waals surface area (Å²) in [7, 11) is -3.09. The summed E-state index contributed by atoms with van der Waals surface area (Å²) in [4.78, 5) is 11.9. The third-order valence-corrected chi connectivity index (χ3v) is 5.25. The average molecular weight is 310 g/mol. The Kier molecular flexibility index (Phi) is 4.32. The van der Waals surface area contributed by atoms with E-state index in [1.54, 1.807) is 25.1 Å². The molecule has 1 aromatic carbocycles. The molecule has 1 amide bonds. The van der Waals surface area contributed by atoms with Crippen LogP contribution in [0, 0.1) is 12.8 Å².